The van der Waals surface area contributed by atoms with Gasteiger partial charge in [-0.2, -0.15) is 4.98 Å². The van der Waals surface area contributed by atoms with Crippen molar-refractivity contribution in [2.75, 3.05) is 0 Å². The van der Waals surface area contributed by atoms with Crippen LogP contribution in [0.15, 0.2) is 52.0 Å². The van der Waals surface area contributed by atoms with Crippen LogP contribution in [0.3, 0.4) is 0 Å². The molecule has 3 aromatic rings. The summed E-state index contributed by atoms with van der Waals surface area (Å²) in [4.78, 5) is 25.6. The highest BCUT2D eigenvalue weighted by atomic mass is 35.5. The van der Waals surface area contributed by atoms with Gasteiger partial charge in [0.15, 0.2) is 5.82 Å². The van der Waals surface area contributed by atoms with E-state index in [1.807, 2.05) is 0 Å². The SMILES string of the molecule is O=c1ccn(Cc2noc(-c3cccc(Cl)c3)n2)cc1[N+](=O)[O-]. The third-order valence-corrected chi connectivity index (χ3v) is 3.25. The average Bonchev–Trinajstić information content (AvgIpc) is 2.97. The van der Waals surface area contributed by atoms with Crippen molar-refractivity contribution in [3.63, 3.8) is 0 Å². The lowest BCUT2D eigenvalue weighted by Crippen LogP contribution is -2.11. The fourth-order valence-corrected chi connectivity index (χ4v) is 2.16. The van der Waals surface area contributed by atoms with Crippen LogP contribution in [-0.4, -0.2) is 19.6 Å². The van der Waals surface area contributed by atoms with Crippen molar-refractivity contribution < 1.29 is 9.45 Å². The molecule has 0 fully saturated rings. The van der Waals surface area contributed by atoms with E-state index in [9.17, 15) is 14.9 Å². The van der Waals surface area contributed by atoms with Crippen molar-refractivity contribution in [3.8, 4) is 11.5 Å². The van der Waals surface area contributed by atoms with Crippen LogP contribution in [0.1, 0.15) is 5.82 Å². The minimum Gasteiger partial charge on any atom is -0.340 e. The molecule has 116 valence electrons. The summed E-state index contributed by atoms with van der Waals surface area (Å²) in [5.74, 6) is 0.607. The predicted molar refractivity (Wildman–Crippen MR) is 81.2 cm³/mol. The maximum Gasteiger partial charge on any atom is 0.332 e. The Kier molecular flexibility index (Phi) is 3.90. The van der Waals surface area contributed by atoms with Crippen LogP contribution in [0.25, 0.3) is 11.5 Å². The molecule has 2 heterocycles. The van der Waals surface area contributed by atoms with E-state index >= 15 is 0 Å². The lowest BCUT2D eigenvalue weighted by Gasteiger charge is -2.01. The molecule has 0 saturated carbocycles. The second-order valence-electron chi connectivity index (χ2n) is 4.65. The molecule has 0 spiro atoms. The number of rotatable bonds is 4. The Labute approximate surface area is 134 Å². The third kappa shape index (κ3) is 3.27. The molecule has 0 atom stereocenters. The third-order valence-electron chi connectivity index (χ3n) is 3.02. The first kappa shape index (κ1) is 14.9. The second-order valence-corrected chi connectivity index (χ2v) is 5.09. The number of benzene rings is 1. The smallest absolute Gasteiger partial charge is 0.332 e. The fourth-order valence-electron chi connectivity index (χ4n) is 1.97. The molecule has 1 aromatic carbocycles. The monoisotopic (exact) mass is 332 g/mol. The van der Waals surface area contributed by atoms with E-state index in [2.05, 4.69) is 10.1 Å². The normalized spacial score (nSPS) is 10.7. The zero-order valence-corrected chi connectivity index (χ0v) is 12.3. The van der Waals surface area contributed by atoms with Crippen LogP contribution < -0.4 is 5.43 Å². The Hall–Kier alpha value is -3.00. The molecule has 0 bridgehead atoms. The molecule has 0 amide bonds. The van der Waals surface area contributed by atoms with Gasteiger partial charge in [0.1, 0.15) is 0 Å². The summed E-state index contributed by atoms with van der Waals surface area (Å²) in [6.07, 6.45) is 2.56. The quantitative estimate of drug-likeness (QED) is 0.537. The van der Waals surface area contributed by atoms with Crippen molar-refractivity contribution in [3.05, 3.63) is 73.9 Å². The highest BCUT2D eigenvalue weighted by Crippen LogP contribution is 2.21. The number of halogens is 1. The summed E-state index contributed by atoms with van der Waals surface area (Å²) in [5, 5.41) is 15.1. The Morgan fingerprint density at radius 3 is 2.91 bits per heavy atom. The van der Waals surface area contributed by atoms with Crippen LogP contribution in [0.2, 0.25) is 5.02 Å². The molecule has 0 saturated heterocycles. The van der Waals surface area contributed by atoms with Crippen LogP contribution in [0.4, 0.5) is 5.69 Å². The molecule has 3 rings (SSSR count). The van der Waals surface area contributed by atoms with E-state index in [0.717, 1.165) is 12.3 Å². The Bertz CT molecular complexity index is 934. The van der Waals surface area contributed by atoms with Crippen molar-refractivity contribution in [2.45, 2.75) is 6.54 Å². The lowest BCUT2D eigenvalue weighted by molar-refractivity contribution is -0.386. The van der Waals surface area contributed by atoms with E-state index in [0.29, 0.717) is 16.4 Å². The maximum atomic E-state index is 11.4. The van der Waals surface area contributed by atoms with Gasteiger partial charge in [0.2, 0.25) is 0 Å². The largest absolute Gasteiger partial charge is 0.340 e. The van der Waals surface area contributed by atoms with E-state index in [1.54, 1.807) is 24.3 Å². The van der Waals surface area contributed by atoms with Gasteiger partial charge in [-0.05, 0) is 18.2 Å². The summed E-state index contributed by atoms with van der Waals surface area (Å²) < 4.78 is 6.59. The average molecular weight is 333 g/mol. The molecule has 23 heavy (non-hydrogen) atoms. The minimum atomic E-state index is -0.730. The summed E-state index contributed by atoms with van der Waals surface area (Å²) >= 11 is 5.91. The van der Waals surface area contributed by atoms with Crippen molar-refractivity contribution in [1.82, 2.24) is 14.7 Å². The Morgan fingerprint density at radius 2 is 2.17 bits per heavy atom. The first-order valence-electron chi connectivity index (χ1n) is 6.46. The molecule has 8 nitrogen and oxygen atoms in total. The molecule has 0 aliphatic rings. The maximum absolute atomic E-state index is 11.4. The standard InChI is InChI=1S/C14H9ClN4O4/c15-10-3-1-2-9(6-10)14-16-13(17-23-14)8-18-5-4-12(20)11(7-18)19(21)22/h1-7H,8H2. The highest BCUT2D eigenvalue weighted by Gasteiger charge is 2.14. The zero-order valence-electron chi connectivity index (χ0n) is 11.5. The summed E-state index contributed by atoms with van der Waals surface area (Å²) in [6, 6.07) is 8.06. The van der Waals surface area contributed by atoms with Crippen molar-refractivity contribution in [1.29, 1.82) is 0 Å². The molecule has 0 radical (unpaired) electrons. The number of hydrogen-bond acceptors (Lipinski definition) is 6. The summed E-state index contributed by atoms with van der Waals surface area (Å²) in [5.41, 5.74) is -0.493. The van der Waals surface area contributed by atoms with E-state index in [1.165, 1.54) is 10.8 Å². The highest BCUT2D eigenvalue weighted by molar-refractivity contribution is 6.30. The Morgan fingerprint density at radius 1 is 1.35 bits per heavy atom. The molecule has 0 unspecified atom stereocenters. The van der Waals surface area contributed by atoms with Gasteiger partial charge in [0, 0.05) is 22.8 Å². The van der Waals surface area contributed by atoms with Gasteiger partial charge in [0.05, 0.1) is 17.7 Å². The number of pyridine rings is 1. The minimum absolute atomic E-state index is 0.130. The molecule has 9 heteroatoms. The van der Waals surface area contributed by atoms with Crippen molar-refractivity contribution in [2.24, 2.45) is 0 Å². The number of nitro groups is 1. The van der Waals surface area contributed by atoms with E-state index in [4.69, 9.17) is 16.1 Å². The predicted octanol–water partition coefficient (Wildman–Crippen LogP) is 2.51. The second kappa shape index (κ2) is 6.01. The van der Waals surface area contributed by atoms with Crippen LogP contribution in [0.5, 0.6) is 0 Å². The molecular formula is C14H9ClN4O4. The Balaban J connectivity index is 1.86. The lowest BCUT2D eigenvalue weighted by atomic mass is 10.2. The van der Waals surface area contributed by atoms with Crippen LogP contribution in [0, 0.1) is 10.1 Å². The van der Waals surface area contributed by atoms with Gasteiger partial charge in [0.25, 0.3) is 11.3 Å². The molecule has 0 aliphatic heterocycles. The molecule has 0 N–H and O–H groups in total. The summed E-state index contributed by atoms with van der Waals surface area (Å²) in [6.45, 7) is 0.130. The summed E-state index contributed by atoms with van der Waals surface area (Å²) in [7, 11) is 0. The van der Waals surface area contributed by atoms with Crippen molar-refractivity contribution >= 4 is 17.3 Å². The van der Waals surface area contributed by atoms with Gasteiger partial charge >= 0.3 is 5.69 Å². The number of nitrogens with zero attached hydrogens (tertiary/aromatic N) is 4. The number of aromatic nitrogens is 3. The van der Waals surface area contributed by atoms with Gasteiger partial charge in [-0.25, -0.2) is 0 Å². The van der Waals surface area contributed by atoms with Gasteiger partial charge < -0.3 is 9.09 Å². The zero-order chi connectivity index (χ0) is 16.4. The van der Waals surface area contributed by atoms with Crippen LogP contribution in [-0.2, 0) is 6.54 Å². The number of hydrogen-bond donors (Lipinski definition) is 0. The molecule has 2 aromatic heterocycles. The van der Waals surface area contributed by atoms with E-state index in [-0.39, 0.29) is 12.4 Å². The van der Waals surface area contributed by atoms with Gasteiger partial charge in [-0.1, -0.05) is 22.8 Å². The topological polar surface area (TPSA) is 104 Å². The first-order chi connectivity index (χ1) is 11.0. The fraction of sp³-hybridized carbons (Fsp3) is 0.0714. The van der Waals surface area contributed by atoms with Gasteiger partial charge in [-0.15, -0.1) is 0 Å². The first-order valence-corrected chi connectivity index (χ1v) is 6.84. The van der Waals surface area contributed by atoms with Gasteiger partial charge in [-0.3, -0.25) is 14.9 Å². The van der Waals surface area contributed by atoms with Crippen LogP contribution >= 0.6 is 11.6 Å². The van der Waals surface area contributed by atoms with E-state index < -0.39 is 16.0 Å². The molecule has 0 aliphatic carbocycles. The molecular weight excluding hydrogens is 324 g/mol.